The van der Waals surface area contributed by atoms with Gasteiger partial charge in [-0.2, -0.15) is 0 Å². The minimum atomic E-state index is -0.428. The smallest absolute Gasteiger partial charge is 0.251 e. The summed E-state index contributed by atoms with van der Waals surface area (Å²) >= 11 is 5.64. The first-order chi connectivity index (χ1) is 10.1. The number of benzene rings is 2. The van der Waals surface area contributed by atoms with E-state index in [1.807, 2.05) is 19.1 Å². The molecule has 1 amide bonds. The van der Waals surface area contributed by atoms with Crippen molar-refractivity contribution in [2.24, 2.45) is 0 Å². The third-order valence-corrected chi connectivity index (χ3v) is 3.27. The molecule has 0 unspecified atom stereocenters. The fraction of sp³-hybridized carbons (Fsp3) is 0.188. The molecule has 2 rings (SSSR count). The number of halogens is 2. The summed E-state index contributed by atoms with van der Waals surface area (Å²) in [6, 6.07) is 11.8. The molecule has 0 spiro atoms. The number of amides is 1. The van der Waals surface area contributed by atoms with Crippen LogP contribution in [0.25, 0.3) is 0 Å². The summed E-state index contributed by atoms with van der Waals surface area (Å²) in [4.78, 5) is 11.6. The zero-order valence-electron chi connectivity index (χ0n) is 11.6. The topological polar surface area (TPSA) is 41.1 Å². The average Bonchev–Trinajstić information content (AvgIpc) is 2.49. The summed E-state index contributed by atoms with van der Waals surface area (Å²) in [5, 5.41) is 6.02. The highest BCUT2D eigenvalue weighted by molar-refractivity contribution is 6.30. The fourth-order valence-electron chi connectivity index (χ4n) is 1.86. The Labute approximate surface area is 128 Å². The molecule has 0 atom stereocenters. The molecule has 2 aromatic carbocycles. The second kappa shape index (κ2) is 7.09. The van der Waals surface area contributed by atoms with Crippen molar-refractivity contribution in [2.75, 3.05) is 11.9 Å². The van der Waals surface area contributed by atoms with E-state index in [-0.39, 0.29) is 10.9 Å². The Morgan fingerprint density at radius 1 is 1.19 bits per heavy atom. The molecule has 0 aliphatic heterocycles. The number of hydrogen-bond acceptors (Lipinski definition) is 2. The molecule has 0 saturated heterocycles. The van der Waals surface area contributed by atoms with Crippen molar-refractivity contribution in [3.8, 4) is 0 Å². The number of carbonyl (C=O) groups excluding carboxylic acids is 1. The van der Waals surface area contributed by atoms with E-state index in [0.717, 1.165) is 11.3 Å². The second-order valence-corrected chi connectivity index (χ2v) is 4.95. The predicted molar refractivity (Wildman–Crippen MR) is 83.2 cm³/mol. The van der Waals surface area contributed by atoms with Crippen molar-refractivity contribution in [3.05, 3.63) is 64.4 Å². The first kappa shape index (κ1) is 15.3. The van der Waals surface area contributed by atoms with Crippen molar-refractivity contribution >= 4 is 23.2 Å². The number of nitrogens with one attached hydrogen (secondary N) is 2. The molecule has 5 heteroatoms. The summed E-state index contributed by atoms with van der Waals surface area (Å²) < 4.78 is 13.3. The highest BCUT2D eigenvalue weighted by Gasteiger charge is 2.04. The first-order valence-electron chi connectivity index (χ1n) is 6.66. The summed E-state index contributed by atoms with van der Waals surface area (Å²) in [7, 11) is 0. The molecule has 2 aromatic rings. The molecule has 2 N–H and O–H groups in total. The number of hydrogen-bond donors (Lipinski definition) is 2. The van der Waals surface area contributed by atoms with Crippen LogP contribution < -0.4 is 10.6 Å². The maximum Gasteiger partial charge on any atom is 0.251 e. The molecule has 0 aliphatic carbocycles. The molecule has 110 valence electrons. The van der Waals surface area contributed by atoms with E-state index >= 15 is 0 Å². The Bertz CT molecular complexity index is 629. The van der Waals surface area contributed by atoms with Gasteiger partial charge in [0.2, 0.25) is 0 Å². The third-order valence-electron chi connectivity index (χ3n) is 2.97. The largest absolute Gasteiger partial charge is 0.381 e. The van der Waals surface area contributed by atoms with Gasteiger partial charge in [0.25, 0.3) is 5.91 Å². The monoisotopic (exact) mass is 306 g/mol. The number of rotatable bonds is 5. The van der Waals surface area contributed by atoms with Gasteiger partial charge < -0.3 is 10.6 Å². The predicted octanol–water partition coefficient (Wildman–Crippen LogP) is 3.84. The average molecular weight is 307 g/mol. The van der Waals surface area contributed by atoms with Gasteiger partial charge in [0, 0.05) is 24.3 Å². The molecule has 0 aliphatic rings. The van der Waals surface area contributed by atoms with Crippen molar-refractivity contribution in [1.29, 1.82) is 0 Å². The van der Waals surface area contributed by atoms with Gasteiger partial charge >= 0.3 is 0 Å². The maximum atomic E-state index is 13.3. The SMILES string of the molecule is CCNC(=O)c1ccc(NCc2ccc(Cl)c(F)c2)cc1. The zero-order chi connectivity index (χ0) is 15.2. The van der Waals surface area contributed by atoms with Crippen molar-refractivity contribution in [2.45, 2.75) is 13.5 Å². The number of anilines is 1. The van der Waals surface area contributed by atoms with Crippen molar-refractivity contribution in [3.63, 3.8) is 0 Å². The van der Waals surface area contributed by atoms with Crippen LogP contribution in [0.5, 0.6) is 0 Å². The van der Waals surface area contributed by atoms with Gasteiger partial charge in [0.05, 0.1) is 5.02 Å². The van der Waals surface area contributed by atoms with E-state index in [2.05, 4.69) is 10.6 Å². The molecular weight excluding hydrogens is 291 g/mol. The Balaban J connectivity index is 1.97. The Morgan fingerprint density at radius 2 is 1.90 bits per heavy atom. The summed E-state index contributed by atoms with van der Waals surface area (Å²) in [6.07, 6.45) is 0. The van der Waals surface area contributed by atoms with Crippen LogP contribution in [0.3, 0.4) is 0 Å². The zero-order valence-corrected chi connectivity index (χ0v) is 12.4. The first-order valence-corrected chi connectivity index (χ1v) is 7.04. The van der Waals surface area contributed by atoms with Gasteiger partial charge in [-0.3, -0.25) is 4.79 Å². The van der Waals surface area contributed by atoms with Gasteiger partial charge in [-0.05, 0) is 48.9 Å². The lowest BCUT2D eigenvalue weighted by Crippen LogP contribution is -2.22. The lowest BCUT2D eigenvalue weighted by molar-refractivity contribution is 0.0956. The van der Waals surface area contributed by atoms with E-state index in [9.17, 15) is 9.18 Å². The van der Waals surface area contributed by atoms with Crippen LogP contribution in [0.4, 0.5) is 10.1 Å². The van der Waals surface area contributed by atoms with Crippen molar-refractivity contribution in [1.82, 2.24) is 5.32 Å². The molecule has 0 heterocycles. The van der Waals surface area contributed by atoms with Crippen LogP contribution in [0.15, 0.2) is 42.5 Å². The van der Waals surface area contributed by atoms with Gasteiger partial charge in [0.1, 0.15) is 5.82 Å². The molecule has 0 saturated carbocycles. The quantitative estimate of drug-likeness (QED) is 0.881. The normalized spacial score (nSPS) is 10.2. The van der Waals surface area contributed by atoms with Crippen LogP contribution in [0.2, 0.25) is 5.02 Å². The van der Waals surface area contributed by atoms with Gasteiger partial charge in [-0.15, -0.1) is 0 Å². The molecule has 0 bridgehead atoms. The van der Waals surface area contributed by atoms with E-state index in [1.54, 1.807) is 18.2 Å². The fourth-order valence-corrected chi connectivity index (χ4v) is 1.97. The van der Waals surface area contributed by atoms with E-state index < -0.39 is 5.82 Å². The lowest BCUT2D eigenvalue weighted by Gasteiger charge is -2.08. The number of carbonyl (C=O) groups is 1. The van der Waals surface area contributed by atoms with Crippen molar-refractivity contribution < 1.29 is 9.18 Å². The Kier molecular flexibility index (Phi) is 5.17. The summed E-state index contributed by atoms with van der Waals surface area (Å²) in [6.45, 7) is 2.95. The van der Waals surface area contributed by atoms with Crippen LogP contribution >= 0.6 is 11.6 Å². The Hall–Kier alpha value is -2.07. The molecule has 0 radical (unpaired) electrons. The van der Waals surface area contributed by atoms with Gasteiger partial charge in [-0.25, -0.2) is 4.39 Å². The van der Waals surface area contributed by atoms with Gasteiger partial charge in [0.15, 0.2) is 0 Å². The van der Waals surface area contributed by atoms with E-state index in [0.29, 0.717) is 18.7 Å². The third kappa shape index (κ3) is 4.20. The highest BCUT2D eigenvalue weighted by Crippen LogP contribution is 2.17. The molecule has 0 fully saturated rings. The van der Waals surface area contributed by atoms with Gasteiger partial charge in [-0.1, -0.05) is 17.7 Å². The van der Waals surface area contributed by atoms with Crippen LogP contribution in [-0.4, -0.2) is 12.5 Å². The highest BCUT2D eigenvalue weighted by atomic mass is 35.5. The van der Waals surface area contributed by atoms with Crippen LogP contribution in [0, 0.1) is 5.82 Å². The minimum Gasteiger partial charge on any atom is -0.381 e. The standard InChI is InChI=1S/C16H16ClFN2O/c1-2-19-16(21)12-4-6-13(7-5-12)20-10-11-3-8-14(17)15(18)9-11/h3-9,20H,2,10H2,1H3,(H,19,21). The molecule has 3 nitrogen and oxygen atoms in total. The van der Waals surface area contributed by atoms with Crippen LogP contribution in [-0.2, 0) is 6.54 Å². The van der Waals surface area contributed by atoms with E-state index in [4.69, 9.17) is 11.6 Å². The summed E-state index contributed by atoms with van der Waals surface area (Å²) in [5.74, 6) is -0.522. The molecular formula is C16H16ClFN2O. The molecule has 0 aromatic heterocycles. The van der Waals surface area contributed by atoms with E-state index in [1.165, 1.54) is 12.1 Å². The molecule has 21 heavy (non-hydrogen) atoms. The Morgan fingerprint density at radius 3 is 2.52 bits per heavy atom. The second-order valence-electron chi connectivity index (χ2n) is 4.54. The van der Waals surface area contributed by atoms with Crippen LogP contribution in [0.1, 0.15) is 22.8 Å². The minimum absolute atomic E-state index is 0.0937. The summed E-state index contributed by atoms with van der Waals surface area (Å²) in [5.41, 5.74) is 2.27. The lowest BCUT2D eigenvalue weighted by atomic mass is 10.1. The maximum absolute atomic E-state index is 13.3.